The lowest BCUT2D eigenvalue weighted by atomic mass is 9.94. The van der Waals surface area contributed by atoms with Crippen molar-refractivity contribution >= 4 is 10.0 Å². The van der Waals surface area contributed by atoms with E-state index in [1.807, 2.05) is 26.8 Å². The number of benzene rings is 1. The van der Waals surface area contributed by atoms with Gasteiger partial charge >= 0.3 is 0 Å². The van der Waals surface area contributed by atoms with Crippen LogP contribution in [0.25, 0.3) is 0 Å². The van der Waals surface area contributed by atoms with Gasteiger partial charge in [-0.05, 0) is 43.5 Å². The number of aryl methyl sites for hydroxylation is 2. The average molecular weight is 269 g/mol. The van der Waals surface area contributed by atoms with E-state index in [9.17, 15) is 13.5 Å². The van der Waals surface area contributed by atoms with Crippen LogP contribution in [0.2, 0.25) is 0 Å². The number of nitrogens with zero attached hydrogens (tertiary/aromatic N) is 1. The zero-order chi connectivity index (χ0) is 13.6. The maximum absolute atomic E-state index is 12.3. The van der Waals surface area contributed by atoms with E-state index in [1.165, 1.54) is 4.31 Å². The van der Waals surface area contributed by atoms with Crippen molar-refractivity contribution in [3.8, 4) is 0 Å². The highest BCUT2D eigenvalue weighted by molar-refractivity contribution is 7.89. The Balaban J connectivity index is 2.28. The van der Waals surface area contributed by atoms with Gasteiger partial charge in [0.1, 0.15) is 0 Å². The summed E-state index contributed by atoms with van der Waals surface area (Å²) in [5.41, 5.74) is 1.02. The van der Waals surface area contributed by atoms with E-state index in [4.69, 9.17) is 0 Å². The lowest BCUT2D eigenvalue weighted by Gasteiger charge is -2.44. The maximum Gasteiger partial charge on any atom is 0.243 e. The van der Waals surface area contributed by atoms with Crippen molar-refractivity contribution in [1.29, 1.82) is 0 Å². The molecule has 0 amide bonds. The van der Waals surface area contributed by atoms with Gasteiger partial charge in [0.15, 0.2) is 0 Å². The smallest absolute Gasteiger partial charge is 0.243 e. The third-order valence-corrected chi connectivity index (χ3v) is 5.20. The van der Waals surface area contributed by atoms with Crippen LogP contribution < -0.4 is 0 Å². The van der Waals surface area contributed by atoms with Crippen LogP contribution in [-0.2, 0) is 10.0 Å². The summed E-state index contributed by atoms with van der Waals surface area (Å²) in [6.07, 6.45) is 0.575. The van der Waals surface area contributed by atoms with Crippen molar-refractivity contribution in [3.05, 3.63) is 29.3 Å². The van der Waals surface area contributed by atoms with Crippen molar-refractivity contribution in [2.24, 2.45) is 0 Å². The van der Waals surface area contributed by atoms with E-state index < -0.39 is 15.6 Å². The summed E-state index contributed by atoms with van der Waals surface area (Å²) in [5, 5.41) is 9.90. The Kier molecular flexibility index (Phi) is 3.25. The molecule has 0 bridgehead atoms. The highest BCUT2D eigenvalue weighted by Gasteiger charge is 2.45. The first kappa shape index (κ1) is 13.5. The lowest BCUT2D eigenvalue weighted by molar-refractivity contribution is -0.0613. The zero-order valence-corrected chi connectivity index (χ0v) is 11.8. The fraction of sp³-hybridized carbons (Fsp3) is 0.538. The predicted octanol–water partition coefficient (Wildman–Crippen LogP) is 1.45. The van der Waals surface area contributed by atoms with Crippen LogP contribution in [0.1, 0.15) is 24.5 Å². The largest absolute Gasteiger partial charge is 0.387 e. The van der Waals surface area contributed by atoms with Crippen molar-refractivity contribution in [3.63, 3.8) is 0 Å². The van der Waals surface area contributed by atoms with Gasteiger partial charge in [-0.1, -0.05) is 13.0 Å². The second kappa shape index (κ2) is 4.33. The quantitative estimate of drug-likeness (QED) is 0.903. The van der Waals surface area contributed by atoms with Crippen LogP contribution in [-0.4, -0.2) is 36.5 Å². The molecule has 1 aromatic rings. The molecule has 2 rings (SSSR count). The number of hydrogen-bond acceptors (Lipinski definition) is 3. The molecule has 1 aliphatic rings. The standard InChI is InChI=1S/C13H19NO3S/c1-4-13(15)8-14(9-13)18(16,17)12-6-10(2)5-11(3)7-12/h5-7,15H,4,8-9H2,1-3H3. The van der Waals surface area contributed by atoms with Gasteiger partial charge in [-0.2, -0.15) is 4.31 Å². The van der Waals surface area contributed by atoms with E-state index in [0.717, 1.165) is 11.1 Å². The summed E-state index contributed by atoms with van der Waals surface area (Å²) in [6.45, 7) is 6.01. The number of sulfonamides is 1. The molecule has 0 aliphatic carbocycles. The summed E-state index contributed by atoms with van der Waals surface area (Å²) in [5.74, 6) is 0. The molecule has 0 unspecified atom stereocenters. The van der Waals surface area contributed by atoms with Crippen LogP contribution in [0.4, 0.5) is 0 Å². The van der Waals surface area contributed by atoms with Gasteiger partial charge in [-0.15, -0.1) is 0 Å². The first-order valence-electron chi connectivity index (χ1n) is 6.08. The molecule has 0 radical (unpaired) electrons. The van der Waals surface area contributed by atoms with Crippen molar-refractivity contribution < 1.29 is 13.5 Å². The average Bonchev–Trinajstić information content (AvgIpc) is 2.23. The van der Waals surface area contributed by atoms with Gasteiger partial charge in [0.2, 0.25) is 10.0 Å². The summed E-state index contributed by atoms with van der Waals surface area (Å²) < 4.78 is 26.0. The first-order chi connectivity index (χ1) is 8.27. The minimum absolute atomic E-state index is 0.193. The second-order valence-corrected chi connectivity index (χ2v) is 7.11. The number of rotatable bonds is 3. The number of aliphatic hydroxyl groups is 1. The summed E-state index contributed by atoms with van der Waals surface area (Å²) in [7, 11) is -3.46. The third-order valence-electron chi connectivity index (χ3n) is 3.43. The molecular weight excluding hydrogens is 250 g/mol. The normalized spacial score (nSPS) is 19.6. The maximum atomic E-state index is 12.3. The SMILES string of the molecule is CCC1(O)CN(S(=O)(=O)c2cc(C)cc(C)c2)C1. The van der Waals surface area contributed by atoms with Crippen molar-refractivity contribution in [2.45, 2.75) is 37.7 Å². The molecule has 4 nitrogen and oxygen atoms in total. The second-order valence-electron chi connectivity index (χ2n) is 5.17. The first-order valence-corrected chi connectivity index (χ1v) is 7.52. The monoisotopic (exact) mass is 269 g/mol. The summed E-state index contributed by atoms with van der Waals surface area (Å²) >= 11 is 0. The Morgan fingerprint density at radius 3 is 2.17 bits per heavy atom. The van der Waals surface area contributed by atoms with E-state index in [-0.39, 0.29) is 13.1 Å². The van der Waals surface area contributed by atoms with Gasteiger partial charge in [-0.25, -0.2) is 8.42 Å². The van der Waals surface area contributed by atoms with Crippen LogP contribution >= 0.6 is 0 Å². The molecule has 1 aliphatic heterocycles. The topological polar surface area (TPSA) is 57.6 Å². The van der Waals surface area contributed by atoms with Crippen LogP contribution in [0.5, 0.6) is 0 Å². The highest BCUT2D eigenvalue weighted by atomic mass is 32.2. The van der Waals surface area contributed by atoms with Gasteiger partial charge in [-0.3, -0.25) is 0 Å². The third kappa shape index (κ3) is 2.30. The van der Waals surface area contributed by atoms with Crippen molar-refractivity contribution in [1.82, 2.24) is 4.31 Å². The number of hydrogen-bond donors (Lipinski definition) is 1. The van der Waals surface area contributed by atoms with E-state index in [0.29, 0.717) is 11.3 Å². The molecular formula is C13H19NO3S. The molecule has 100 valence electrons. The van der Waals surface area contributed by atoms with Gasteiger partial charge < -0.3 is 5.11 Å². The lowest BCUT2D eigenvalue weighted by Crippen LogP contribution is -2.62. The Hall–Kier alpha value is -0.910. The van der Waals surface area contributed by atoms with Gasteiger partial charge in [0.05, 0.1) is 10.5 Å². The molecule has 0 aromatic heterocycles. The van der Waals surface area contributed by atoms with Crippen molar-refractivity contribution in [2.75, 3.05) is 13.1 Å². The molecule has 5 heteroatoms. The van der Waals surface area contributed by atoms with Gasteiger partial charge in [0, 0.05) is 13.1 Å². The minimum atomic E-state index is -3.46. The Morgan fingerprint density at radius 1 is 1.22 bits per heavy atom. The summed E-state index contributed by atoms with van der Waals surface area (Å²) in [6, 6.07) is 5.29. The summed E-state index contributed by atoms with van der Waals surface area (Å²) in [4.78, 5) is 0.318. The Morgan fingerprint density at radius 2 is 1.72 bits per heavy atom. The molecule has 1 saturated heterocycles. The van der Waals surface area contributed by atoms with E-state index in [1.54, 1.807) is 12.1 Å². The predicted molar refractivity (Wildman–Crippen MR) is 69.9 cm³/mol. The Bertz CT molecular complexity index is 539. The van der Waals surface area contributed by atoms with Crippen LogP contribution in [0, 0.1) is 13.8 Å². The number of β-amino-alcohol motifs (C(OH)–C–C–N with tert-alkyl or cyclic N) is 1. The van der Waals surface area contributed by atoms with Crippen LogP contribution in [0.3, 0.4) is 0 Å². The van der Waals surface area contributed by atoms with E-state index in [2.05, 4.69) is 0 Å². The molecule has 0 atom stereocenters. The molecule has 1 N–H and O–H groups in total. The molecule has 18 heavy (non-hydrogen) atoms. The fourth-order valence-electron chi connectivity index (χ4n) is 2.23. The van der Waals surface area contributed by atoms with E-state index >= 15 is 0 Å². The van der Waals surface area contributed by atoms with Crippen LogP contribution in [0.15, 0.2) is 23.1 Å². The molecule has 1 aromatic carbocycles. The molecule has 0 saturated carbocycles. The molecule has 0 spiro atoms. The highest BCUT2D eigenvalue weighted by Crippen LogP contribution is 2.30. The fourth-order valence-corrected chi connectivity index (χ4v) is 4.02. The molecule has 1 heterocycles. The molecule has 1 fully saturated rings. The van der Waals surface area contributed by atoms with Gasteiger partial charge in [0.25, 0.3) is 0 Å². The Labute approximate surface area is 108 Å². The minimum Gasteiger partial charge on any atom is -0.387 e. The zero-order valence-electron chi connectivity index (χ0n) is 11.0.